The maximum atomic E-state index is 13.0. The van der Waals surface area contributed by atoms with Crippen molar-refractivity contribution < 1.29 is 9.53 Å². The highest BCUT2D eigenvalue weighted by Crippen LogP contribution is 2.36. The second-order valence-electron chi connectivity index (χ2n) is 5.83. The quantitative estimate of drug-likeness (QED) is 0.849. The van der Waals surface area contributed by atoms with Gasteiger partial charge in [0.25, 0.3) is 5.91 Å². The van der Waals surface area contributed by atoms with Gasteiger partial charge < -0.3 is 9.64 Å². The highest BCUT2D eigenvalue weighted by molar-refractivity contribution is 7.20. The number of amides is 1. The Balaban J connectivity index is 1.92. The van der Waals surface area contributed by atoms with Crippen LogP contribution < -0.4 is 0 Å². The third-order valence-electron chi connectivity index (χ3n) is 4.34. The van der Waals surface area contributed by atoms with E-state index in [9.17, 15) is 4.79 Å². The number of hydrogen-bond acceptors (Lipinski definition) is 5. The number of aromatic nitrogens is 2. The van der Waals surface area contributed by atoms with E-state index in [1.165, 1.54) is 11.3 Å². The Morgan fingerprint density at radius 1 is 1.55 bits per heavy atom. The SMILES string of the molecule is CCCC1(COC)CCCN1C(=O)c1nc2cnccc2s1. The Kier molecular flexibility index (Phi) is 4.40. The summed E-state index contributed by atoms with van der Waals surface area (Å²) in [6.45, 7) is 3.54. The maximum Gasteiger partial charge on any atom is 0.283 e. The number of ether oxygens (including phenoxy) is 1. The van der Waals surface area contributed by atoms with Crippen LogP contribution in [0.4, 0.5) is 0 Å². The van der Waals surface area contributed by atoms with Crippen molar-refractivity contribution in [3.05, 3.63) is 23.5 Å². The smallest absolute Gasteiger partial charge is 0.283 e. The third-order valence-corrected chi connectivity index (χ3v) is 5.37. The molecule has 1 fully saturated rings. The lowest BCUT2D eigenvalue weighted by atomic mass is 9.91. The number of pyridine rings is 1. The van der Waals surface area contributed by atoms with Crippen LogP contribution in [0.3, 0.4) is 0 Å². The summed E-state index contributed by atoms with van der Waals surface area (Å²) in [7, 11) is 1.71. The molecule has 3 heterocycles. The molecule has 0 aromatic carbocycles. The van der Waals surface area contributed by atoms with E-state index < -0.39 is 0 Å². The normalized spacial score (nSPS) is 21.6. The molecule has 2 aromatic heterocycles. The van der Waals surface area contributed by atoms with Crippen molar-refractivity contribution in [1.82, 2.24) is 14.9 Å². The highest BCUT2D eigenvalue weighted by Gasteiger charge is 2.43. The molecule has 3 rings (SSSR count). The standard InChI is InChI=1S/C16H21N3O2S/c1-3-6-16(11-21-2)7-4-9-19(16)15(20)14-18-12-10-17-8-5-13(12)22-14/h5,8,10H,3-4,6-7,9,11H2,1-2H3. The first-order chi connectivity index (χ1) is 10.7. The van der Waals surface area contributed by atoms with E-state index in [1.54, 1.807) is 19.5 Å². The van der Waals surface area contributed by atoms with Gasteiger partial charge in [0.1, 0.15) is 5.52 Å². The monoisotopic (exact) mass is 319 g/mol. The summed E-state index contributed by atoms with van der Waals surface area (Å²) in [6, 6.07) is 1.90. The number of carbonyl (C=O) groups is 1. The fraction of sp³-hybridized carbons (Fsp3) is 0.562. The number of fused-ring (bicyclic) bond motifs is 1. The Morgan fingerprint density at radius 2 is 2.41 bits per heavy atom. The van der Waals surface area contributed by atoms with Gasteiger partial charge in [0.15, 0.2) is 5.01 Å². The summed E-state index contributed by atoms with van der Waals surface area (Å²) in [5, 5.41) is 0.557. The largest absolute Gasteiger partial charge is 0.382 e. The molecule has 22 heavy (non-hydrogen) atoms. The third kappa shape index (κ3) is 2.61. The van der Waals surface area contributed by atoms with Crippen molar-refractivity contribution in [2.75, 3.05) is 20.3 Å². The zero-order valence-electron chi connectivity index (χ0n) is 13.0. The fourth-order valence-electron chi connectivity index (χ4n) is 3.46. The first-order valence-electron chi connectivity index (χ1n) is 7.71. The first kappa shape index (κ1) is 15.4. The number of thiazole rings is 1. The van der Waals surface area contributed by atoms with Crippen molar-refractivity contribution in [3.63, 3.8) is 0 Å². The van der Waals surface area contributed by atoms with Crippen molar-refractivity contribution in [1.29, 1.82) is 0 Å². The summed E-state index contributed by atoms with van der Waals surface area (Å²) in [4.78, 5) is 23.5. The summed E-state index contributed by atoms with van der Waals surface area (Å²) in [5.74, 6) is 0.0317. The molecule has 1 saturated heterocycles. The molecule has 1 atom stereocenters. The zero-order chi connectivity index (χ0) is 15.6. The molecular formula is C16H21N3O2S. The van der Waals surface area contributed by atoms with Crippen LogP contribution in [0.2, 0.25) is 0 Å². The number of methoxy groups -OCH3 is 1. The predicted octanol–water partition coefficient (Wildman–Crippen LogP) is 3.11. The van der Waals surface area contributed by atoms with Gasteiger partial charge in [0.2, 0.25) is 0 Å². The van der Waals surface area contributed by atoms with Crippen LogP contribution in [0.1, 0.15) is 42.4 Å². The minimum Gasteiger partial charge on any atom is -0.382 e. The predicted molar refractivity (Wildman–Crippen MR) is 87.2 cm³/mol. The second-order valence-corrected chi connectivity index (χ2v) is 6.86. The molecule has 1 unspecified atom stereocenters. The topological polar surface area (TPSA) is 55.3 Å². The molecule has 1 amide bonds. The van der Waals surface area contributed by atoms with Gasteiger partial charge in [-0.1, -0.05) is 13.3 Å². The number of rotatable bonds is 5. The average Bonchev–Trinajstić information content (AvgIpc) is 3.11. The van der Waals surface area contributed by atoms with Gasteiger partial charge in [-0.2, -0.15) is 0 Å². The van der Waals surface area contributed by atoms with Crippen LogP contribution >= 0.6 is 11.3 Å². The minimum absolute atomic E-state index is 0.0317. The van der Waals surface area contributed by atoms with E-state index in [0.29, 0.717) is 11.6 Å². The molecule has 2 aromatic rings. The number of nitrogens with zero attached hydrogens (tertiary/aromatic N) is 3. The first-order valence-corrected chi connectivity index (χ1v) is 8.53. The summed E-state index contributed by atoms with van der Waals surface area (Å²) in [6.07, 6.45) is 7.49. The molecule has 0 aliphatic carbocycles. The Hall–Kier alpha value is -1.53. The minimum atomic E-state index is -0.170. The summed E-state index contributed by atoms with van der Waals surface area (Å²) in [5.41, 5.74) is 0.624. The molecule has 0 saturated carbocycles. The Morgan fingerprint density at radius 3 is 3.14 bits per heavy atom. The van der Waals surface area contributed by atoms with Crippen LogP contribution in [0, 0.1) is 0 Å². The van der Waals surface area contributed by atoms with Crippen LogP contribution in [-0.2, 0) is 4.74 Å². The van der Waals surface area contributed by atoms with E-state index in [0.717, 1.165) is 42.4 Å². The molecule has 5 nitrogen and oxygen atoms in total. The van der Waals surface area contributed by atoms with Crippen LogP contribution in [0.15, 0.2) is 18.5 Å². The molecule has 1 aliphatic rings. The van der Waals surface area contributed by atoms with E-state index >= 15 is 0 Å². The summed E-state index contributed by atoms with van der Waals surface area (Å²) < 4.78 is 6.44. The summed E-state index contributed by atoms with van der Waals surface area (Å²) >= 11 is 1.45. The van der Waals surface area contributed by atoms with Gasteiger partial charge in [-0.15, -0.1) is 11.3 Å². The Bertz CT molecular complexity index is 631. The van der Waals surface area contributed by atoms with Crippen LogP contribution in [0.5, 0.6) is 0 Å². The molecule has 0 radical (unpaired) electrons. The second kappa shape index (κ2) is 6.30. The molecule has 6 heteroatoms. The van der Waals surface area contributed by atoms with Gasteiger partial charge in [-0.05, 0) is 25.3 Å². The van der Waals surface area contributed by atoms with E-state index in [4.69, 9.17) is 4.74 Å². The van der Waals surface area contributed by atoms with Crippen LogP contribution in [-0.4, -0.2) is 46.6 Å². The fourth-order valence-corrected chi connectivity index (χ4v) is 4.34. The van der Waals surface area contributed by atoms with Crippen molar-refractivity contribution >= 4 is 27.5 Å². The lowest BCUT2D eigenvalue weighted by Gasteiger charge is -2.37. The lowest BCUT2D eigenvalue weighted by molar-refractivity contribution is 0.0254. The Labute approximate surface area is 134 Å². The van der Waals surface area contributed by atoms with E-state index in [-0.39, 0.29) is 11.4 Å². The van der Waals surface area contributed by atoms with Gasteiger partial charge in [-0.25, -0.2) is 4.98 Å². The number of carbonyl (C=O) groups excluding carboxylic acids is 1. The lowest BCUT2D eigenvalue weighted by Crippen LogP contribution is -2.50. The van der Waals surface area contributed by atoms with Crippen molar-refractivity contribution in [2.24, 2.45) is 0 Å². The van der Waals surface area contributed by atoms with Gasteiger partial charge in [0, 0.05) is 19.9 Å². The van der Waals surface area contributed by atoms with Crippen LogP contribution in [0.25, 0.3) is 10.2 Å². The molecule has 0 bridgehead atoms. The highest BCUT2D eigenvalue weighted by atomic mass is 32.1. The molecular weight excluding hydrogens is 298 g/mol. The van der Waals surface area contributed by atoms with E-state index in [2.05, 4.69) is 16.9 Å². The molecule has 118 valence electrons. The average molecular weight is 319 g/mol. The molecule has 1 aliphatic heterocycles. The van der Waals surface area contributed by atoms with Crippen molar-refractivity contribution in [3.8, 4) is 0 Å². The maximum absolute atomic E-state index is 13.0. The number of likely N-dealkylation sites (tertiary alicyclic amines) is 1. The van der Waals surface area contributed by atoms with Crippen molar-refractivity contribution in [2.45, 2.75) is 38.1 Å². The van der Waals surface area contributed by atoms with Gasteiger partial charge in [-0.3, -0.25) is 9.78 Å². The molecule has 0 spiro atoms. The van der Waals surface area contributed by atoms with Gasteiger partial charge in [0.05, 0.1) is 23.0 Å². The molecule has 0 N–H and O–H groups in total. The van der Waals surface area contributed by atoms with Gasteiger partial charge >= 0.3 is 0 Å². The number of hydrogen-bond donors (Lipinski definition) is 0. The zero-order valence-corrected chi connectivity index (χ0v) is 13.9. The van der Waals surface area contributed by atoms with E-state index in [1.807, 2.05) is 11.0 Å².